The number of aliphatic hydroxyl groups excluding tert-OH is 1. The van der Waals surface area contributed by atoms with E-state index in [1.807, 2.05) is 47.1 Å². The topological polar surface area (TPSA) is 98.0 Å². The van der Waals surface area contributed by atoms with Gasteiger partial charge in [-0.25, -0.2) is 15.0 Å². The molecule has 9 heteroatoms. The lowest BCUT2D eigenvalue weighted by Gasteiger charge is -2.27. The molecular formula is C26H30N6O2S. The van der Waals surface area contributed by atoms with Crippen molar-refractivity contribution in [2.75, 3.05) is 31.3 Å². The normalized spacial score (nSPS) is 14.8. The van der Waals surface area contributed by atoms with Crippen LogP contribution in [0.25, 0.3) is 22.3 Å². The number of aliphatic hydroxyl groups is 1. The van der Waals surface area contributed by atoms with Crippen molar-refractivity contribution in [3.8, 4) is 17.0 Å². The minimum Gasteiger partial charge on any atom is -0.491 e. The third kappa shape index (κ3) is 4.97. The summed E-state index contributed by atoms with van der Waals surface area (Å²) in [6, 6.07) is 8.14. The number of nitrogens with zero attached hydrogens (tertiary/aromatic N) is 5. The minimum absolute atomic E-state index is 0.0838. The van der Waals surface area contributed by atoms with Gasteiger partial charge in [0.15, 0.2) is 0 Å². The second kappa shape index (κ2) is 10.6. The summed E-state index contributed by atoms with van der Waals surface area (Å²) in [6.45, 7) is 4.39. The Morgan fingerprint density at radius 3 is 2.97 bits per heavy atom. The fourth-order valence-corrected chi connectivity index (χ4v) is 5.42. The van der Waals surface area contributed by atoms with Gasteiger partial charge in [-0.1, -0.05) is 6.92 Å². The molecule has 2 atom stereocenters. The van der Waals surface area contributed by atoms with Gasteiger partial charge in [-0.15, -0.1) is 0 Å². The summed E-state index contributed by atoms with van der Waals surface area (Å²) in [5, 5.41) is 14.1. The van der Waals surface area contributed by atoms with Gasteiger partial charge in [0.25, 0.3) is 0 Å². The van der Waals surface area contributed by atoms with E-state index < -0.39 is 0 Å². The van der Waals surface area contributed by atoms with Gasteiger partial charge in [0.2, 0.25) is 0 Å². The molecule has 182 valence electrons. The lowest BCUT2D eigenvalue weighted by Crippen LogP contribution is -2.24. The van der Waals surface area contributed by atoms with Crippen molar-refractivity contribution < 1.29 is 9.84 Å². The van der Waals surface area contributed by atoms with E-state index in [0.717, 1.165) is 65.5 Å². The molecule has 1 aliphatic heterocycles. The number of rotatable bonds is 9. The van der Waals surface area contributed by atoms with Crippen LogP contribution in [0.4, 0.5) is 5.82 Å². The number of hydrogen-bond acceptors (Lipinski definition) is 8. The molecule has 8 nitrogen and oxygen atoms in total. The largest absolute Gasteiger partial charge is 0.491 e. The Kier molecular flexibility index (Phi) is 7.15. The predicted octanol–water partition coefficient (Wildman–Crippen LogP) is 4.15. The van der Waals surface area contributed by atoms with E-state index in [2.05, 4.69) is 50.6 Å². The maximum atomic E-state index is 9.24. The summed E-state index contributed by atoms with van der Waals surface area (Å²) in [6.07, 6.45) is 11.4. The molecule has 5 heterocycles. The molecule has 2 N–H and O–H groups in total. The Hall–Kier alpha value is -3.17. The van der Waals surface area contributed by atoms with Crippen molar-refractivity contribution in [3.05, 3.63) is 60.4 Å². The smallest absolute Gasteiger partial charge is 0.144 e. The summed E-state index contributed by atoms with van der Waals surface area (Å²) < 4.78 is 7.96. The van der Waals surface area contributed by atoms with E-state index in [1.165, 1.54) is 5.56 Å². The number of pyridine rings is 2. The number of fused-ring (bicyclic) bond motifs is 2. The van der Waals surface area contributed by atoms with E-state index in [0.29, 0.717) is 17.7 Å². The second-order valence-corrected chi connectivity index (χ2v) is 9.81. The highest BCUT2D eigenvalue weighted by Crippen LogP contribution is 2.37. The van der Waals surface area contributed by atoms with Gasteiger partial charge in [-0.05, 0) is 43.2 Å². The van der Waals surface area contributed by atoms with Gasteiger partial charge in [-0.3, -0.25) is 4.98 Å². The van der Waals surface area contributed by atoms with E-state index in [9.17, 15) is 5.11 Å². The summed E-state index contributed by atoms with van der Waals surface area (Å²) in [4.78, 5) is 18.0. The predicted molar refractivity (Wildman–Crippen MR) is 140 cm³/mol. The Labute approximate surface area is 209 Å². The Morgan fingerprint density at radius 1 is 1.20 bits per heavy atom. The Morgan fingerprint density at radius 2 is 2.11 bits per heavy atom. The Balaban J connectivity index is 1.31. The molecular weight excluding hydrogens is 460 g/mol. The van der Waals surface area contributed by atoms with Gasteiger partial charge >= 0.3 is 0 Å². The van der Waals surface area contributed by atoms with Crippen LogP contribution in [-0.2, 0) is 13.0 Å². The van der Waals surface area contributed by atoms with Crippen LogP contribution >= 0.6 is 11.8 Å². The third-order valence-electron chi connectivity index (χ3n) is 6.55. The van der Waals surface area contributed by atoms with Gasteiger partial charge in [-0.2, -0.15) is 11.8 Å². The van der Waals surface area contributed by atoms with Crippen molar-refractivity contribution in [2.24, 2.45) is 0 Å². The lowest BCUT2D eigenvalue weighted by atomic mass is 9.95. The molecule has 5 rings (SSSR count). The maximum Gasteiger partial charge on any atom is 0.144 e. The molecule has 0 fully saturated rings. The summed E-state index contributed by atoms with van der Waals surface area (Å²) >= 11 is 1.84. The molecule has 0 saturated carbocycles. The van der Waals surface area contributed by atoms with E-state index in [1.54, 1.807) is 6.33 Å². The van der Waals surface area contributed by atoms with Crippen molar-refractivity contribution in [3.63, 3.8) is 0 Å². The van der Waals surface area contributed by atoms with Crippen LogP contribution in [0, 0.1) is 0 Å². The fraction of sp³-hybridized carbons (Fsp3) is 0.385. The van der Waals surface area contributed by atoms with Gasteiger partial charge in [0.1, 0.15) is 23.5 Å². The highest BCUT2D eigenvalue weighted by Gasteiger charge is 2.25. The van der Waals surface area contributed by atoms with Crippen molar-refractivity contribution >= 4 is 28.6 Å². The number of anilines is 1. The lowest BCUT2D eigenvalue weighted by molar-refractivity contribution is 0.278. The third-order valence-corrected chi connectivity index (χ3v) is 7.73. The molecule has 0 spiro atoms. The van der Waals surface area contributed by atoms with E-state index >= 15 is 0 Å². The van der Waals surface area contributed by atoms with Gasteiger partial charge in [0, 0.05) is 59.5 Å². The molecule has 0 bridgehead atoms. The minimum atomic E-state index is 0.0838. The number of nitrogens with one attached hydrogen (secondary N) is 1. The van der Waals surface area contributed by atoms with Crippen LogP contribution in [0.1, 0.15) is 30.5 Å². The molecule has 4 aromatic rings. The van der Waals surface area contributed by atoms with Crippen LogP contribution in [0.5, 0.6) is 5.75 Å². The van der Waals surface area contributed by atoms with E-state index in [4.69, 9.17) is 4.74 Å². The summed E-state index contributed by atoms with van der Waals surface area (Å²) in [5.41, 5.74) is 4.91. The highest BCUT2D eigenvalue weighted by atomic mass is 32.2. The number of hydrogen-bond donors (Lipinski definition) is 2. The molecule has 0 amide bonds. The molecule has 0 aliphatic carbocycles. The molecule has 4 aromatic heterocycles. The molecule has 2 unspecified atom stereocenters. The quantitative estimate of drug-likeness (QED) is 0.361. The SMILES string of the molecule is CSC(CNc1cc(-c2cnc3c(ccn3CCO)c2)ncn1)C(C)c1ccnc2c1OCCC2. The average molecular weight is 491 g/mol. The first-order valence-electron chi connectivity index (χ1n) is 11.9. The number of ether oxygens (including phenoxy) is 1. The number of aromatic nitrogens is 5. The molecule has 0 saturated heterocycles. The maximum absolute atomic E-state index is 9.24. The zero-order valence-corrected chi connectivity index (χ0v) is 20.8. The molecule has 0 aromatic carbocycles. The second-order valence-electron chi connectivity index (χ2n) is 8.73. The number of thioether (sulfide) groups is 1. The van der Waals surface area contributed by atoms with E-state index in [-0.39, 0.29) is 6.61 Å². The molecule has 0 radical (unpaired) electrons. The first kappa shape index (κ1) is 23.6. The Bertz CT molecular complexity index is 1310. The van der Waals surface area contributed by atoms with Crippen LogP contribution in [0.15, 0.2) is 49.2 Å². The van der Waals surface area contributed by atoms with Crippen molar-refractivity contribution in [2.45, 2.75) is 37.5 Å². The van der Waals surface area contributed by atoms with Crippen LogP contribution < -0.4 is 10.1 Å². The zero-order valence-electron chi connectivity index (χ0n) is 20.0. The van der Waals surface area contributed by atoms with Gasteiger partial charge in [0.05, 0.1) is 24.6 Å². The zero-order chi connectivity index (χ0) is 24.2. The first-order valence-corrected chi connectivity index (χ1v) is 13.2. The van der Waals surface area contributed by atoms with Gasteiger partial charge < -0.3 is 19.7 Å². The van der Waals surface area contributed by atoms with Crippen molar-refractivity contribution in [1.29, 1.82) is 0 Å². The first-order chi connectivity index (χ1) is 17.2. The monoisotopic (exact) mass is 490 g/mol. The summed E-state index contributed by atoms with van der Waals surface area (Å²) in [7, 11) is 0. The van der Waals surface area contributed by atoms with Crippen molar-refractivity contribution in [1.82, 2.24) is 24.5 Å². The summed E-state index contributed by atoms with van der Waals surface area (Å²) in [5.74, 6) is 2.06. The van der Waals surface area contributed by atoms with Crippen LogP contribution in [0.2, 0.25) is 0 Å². The van der Waals surface area contributed by atoms with Crippen LogP contribution in [0.3, 0.4) is 0 Å². The highest BCUT2D eigenvalue weighted by molar-refractivity contribution is 7.99. The molecule has 1 aliphatic rings. The fourth-order valence-electron chi connectivity index (χ4n) is 4.61. The average Bonchev–Trinajstić information content (AvgIpc) is 3.31. The number of aryl methyl sites for hydroxylation is 1. The standard InChI is InChI=1S/C26H30N6O2S/c1-17(20-5-7-27-21-4-3-11-34-25(20)21)23(35-2)15-28-24-13-22(30-16-31-24)19-12-18-6-8-32(9-10-33)26(18)29-14-19/h5-8,12-14,16-17,23,33H,3-4,9-11,15H2,1-2H3,(H,28,30,31). The van der Waals surface area contributed by atoms with Crippen LogP contribution in [-0.4, -0.2) is 60.9 Å². The molecule has 35 heavy (non-hydrogen) atoms.